The first-order chi connectivity index (χ1) is 14.2. The zero-order chi connectivity index (χ0) is 22.1. The molecule has 1 aliphatic rings. The van der Waals surface area contributed by atoms with Crippen molar-refractivity contribution >= 4 is 17.7 Å². The smallest absolute Gasteiger partial charge is 0.319 e. The molecule has 168 valence electrons. The average Bonchev–Trinajstić information content (AvgIpc) is 2.68. The molecule has 1 aromatic carbocycles. The predicted octanol–water partition coefficient (Wildman–Crippen LogP) is 3.72. The summed E-state index contributed by atoms with van der Waals surface area (Å²) in [5.74, 6) is 1.26. The van der Waals surface area contributed by atoms with Gasteiger partial charge in [-0.25, -0.2) is 4.79 Å². The van der Waals surface area contributed by atoms with Crippen LogP contribution in [0.2, 0.25) is 0 Å². The van der Waals surface area contributed by atoms with Crippen LogP contribution in [-0.4, -0.2) is 44.3 Å². The standard InChI is InChI=1S/C23H39N5O2/c1-16(2)27-22(29)28-19-11-9-17(10-12-19)14-25-21(24-6)26-15-18-8-7-13-30-20(18)23(3,4)5/h9-12,16,18,20H,7-8,13-15H2,1-6H3,(H2,24,25,26)(H2,27,28,29). The lowest BCUT2D eigenvalue weighted by Gasteiger charge is -2.40. The number of amides is 2. The largest absolute Gasteiger partial charge is 0.377 e. The third-order valence-electron chi connectivity index (χ3n) is 5.15. The Morgan fingerprint density at radius 3 is 2.50 bits per heavy atom. The molecule has 0 saturated carbocycles. The lowest BCUT2D eigenvalue weighted by Crippen LogP contribution is -2.47. The second-order valence-corrected chi connectivity index (χ2v) is 9.32. The van der Waals surface area contributed by atoms with E-state index in [9.17, 15) is 4.79 Å². The van der Waals surface area contributed by atoms with Crippen LogP contribution < -0.4 is 21.3 Å². The summed E-state index contributed by atoms with van der Waals surface area (Å²) in [5, 5.41) is 12.5. The Labute approximate surface area is 181 Å². The minimum Gasteiger partial charge on any atom is -0.377 e. The molecule has 1 fully saturated rings. The normalized spacial score (nSPS) is 20.0. The molecule has 4 N–H and O–H groups in total. The summed E-state index contributed by atoms with van der Waals surface area (Å²) in [6.45, 7) is 12.9. The second-order valence-electron chi connectivity index (χ2n) is 9.32. The maximum Gasteiger partial charge on any atom is 0.319 e. The van der Waals surface area contributed by atoms with Crippen molar-refractivity contribution in [3.8, 4) is 0 Å². The third-order valence-corrected chi connectivity index (χ3v) is 5.15. The number of guanidine groups is 1. The number of hydrogen-bond donors (Lipinski definition) is 4. The first-order valence-electron chi connectivity index (χ1n) is 10.9. The number of aliphatic imine (C=N–C) groups is 1. The maximum absolute atomic E-state index is 11.8. The molecule has 1 aromatic rings. The molecule has 0 aromatic heterocycles. The molecule has 30 heavy (non-hydrogen) atoms. The highest BCUT2D eigenvalue weighted by atomic mass is 16.5. The Balaban J connectivity index is 1.82. The topological polar surface area (TPSA) is 86.8 Å². The van der Waals surface area contributed by atoms with Crippen molar-refractivity contribution in [1.82, 2.24) is 16.0 Å². The Kier molecular flexibility index (Phi) is 8.96. The number of urea groups is 1. The summed E-state index contributed by atoms with van der Waals surface area (Å²) in [6.07, 6.45) is 2.54. The molecule has 1 saturated heterocycles. The van der Waals surface area contributed by atoms with Crippen molar-refractivity contribution in [2.75, 3.05) is 25.5 Å². The van der Waals surface area contributed by atoms with Gasteiger partial charge in [0.1, 0.15) is 0 Å². The van der Waals surface area contributed by atoms with Crippen molar-refractivity contribution in [3.05, 3.63) is 29.8 Å². The molecular formula is C23H39N5O2. The predicted molar refractivity (Wildman–Crippen MR) is 124 cm³/mol. The number of anilines is 1. The summed E-state index contributed by atoms with van der Waals surface area (Å²) in [4.78, 5) is 16.1. The summed E-state index contributed by atoms with van der Waals surface area (Å²) in [5.41, 5.74) is 2.01. The highest BCUT2D eigenvalue weighted by molar-refractivity contribution is 5.89. The molecule has 0 radical (unpaired) electrons. The van der Waals surface area contributed by atoms with E-state index in [0.29, 0.717) is 12.5 Å². The summed E-state index contributed by atoms with van der Waals surface area (Å²) >= 11 is 0. The number of hydrogen-bond acceptors (Lipinski definition) is 3. The fraction of sp³-hybridized carbons (Fsp3) is 0.652. The van der Waals surface area contributed by atoms with Crippen molar-refractivity contribution in [1.29, 1.82) is 0 Å². The van der Waals surface area contributed by atoms with Gasteiger partial charge in [0.05, 0.1) is 6.10 Å². The SMILES string of the molecule is CN=C(NCc1ccc(NC(=O)NC(C)C)cc1)NCC1CCCOC1C(C)(C)C. The van der Waals surface area contributed by atoms with Crippen LogP contribution in [0.15, 0.2) is 29.3 Å². The molecule has 1 heterocycles. The molecule has 2 atom stereocenters. The number of carbonyl (C=O) groups excluding carboxylic acids is 1. The summed E-state index contributed by atoms with van der Waals surface area (Å²) in [6, 6.07) is 7.71. The van der Waals surface area contributed by atoms with Gasteiger partial charge >= 0.3 is 6.03 Å². The van der Waals surface area contributed by atoms with E-state index in [1.165, 1.54) is 6.42 Å². The lowest BCUT2D eigenvalue weighted by atomic mass is 9.78. The Morgan fingerprint density at radius 2 is 1.90 bits per heavy atom. The van der Waals surface area contributed by atoms with Gasteiger partial charge in [-0.2, -0.15) is 0 Å². The van der Waals surface area contributed by atoms with E-state index in [0.717, 1.165) is 36.8 Å². The van der Waals surface area contributed by atoms with Gasteiger partial charge < -0.3 is 26.0 Å². The van der Waals surface area contributed by atoms with E-state index in [1.807, 2.05) is 38.1 Å². The monoisotopic (exact) mass is 417 g/mol. The van der Waals surface area contributed by atoms with Gasteiger partial charge in [0.25, 0.3) is 0 Å². The van der Waals surface area contributed by atoms with E-state index in [2.05, 4.69) is 47.0 Å². The van der Waals surface area contributed by atoms with Crippen LogP contribution in [0.1, 0.15) is 53.0 Å². The van der Waals surface area contributed by atoms with Crippen LogP contribution in [0.4, 0.5) is 10.5 Å². The third kappa shape index (κ3) is 7.86. The molecule has 0 spiro atoms. The number of ether oxygens (including phenoxy) is 1. The second kappa shape index (κ2) is 11.2. The number of nitrogens with zero attached hydrogens (tertiary/aromatic N) is 1. The highest BCUT2D eigenvalue weighted by Crippen LogP contribution is 2.33. The molecule has 7 heteroatoms. The number of nitrogens with one attached hydrogen (secondary N) is 4. The van der Waals surface area contributed by atoms with Crippen LogP contribution in [0.5, 0.6) is 0 Å². The van der Waals surface area contributed by atoms with Gasteiger partial charge in [-0.05, 0) is 49.8 Å². The molecule has 2 unspecified atom stereocenters. The van der Waals surface area contributed by atoms with Crippen molar-refractivity contribution in [2.45, 2.75) is 66.2 Å². The van der Waals surface area contributed by atoms with Crippen molar-refractivity contribution in [2.24, 2.45) is 16.3 Å². The summed E-state index contributed by atoms with van der Waals surface area (Å²) in [7, 11) is 1.79. The minimum atomic E-state index is -0.194. The molecule has 2 rings (SSSR count). The van der Waals surface area contributed by atoms with Gasteiger partial charge in [0.15, 0.2) is 5.96 Å². The molecular weight excluding hydrogens is 378 g/mol. The zero-order valence-corrected chi connectivity index (χ0v) is 19.3. The van der Waals surface area contributed by atoms with E-state index >= 15 is 0 Å². The van der Waals surface area contributed by atoms with Crippen molar-refractivity contribution in [3.63, 3.8) is 0 Å². The quantitative estimate of drug-likeness (QED) is 0.420. The Bertz CT molecular complexity index is 695. The average molecular weight is 418 g/mol. The molecule has 0 bridgehead atoms. The van der Waals surface area contributed by atoms with E-state index in [1.54, 1.807) is 7.05 Å². The molecule has 7 nitrogen and oxygen atoms in total. The van der Waals surface area contributed by atoms with E-state index in [4.69, 9.17) is 4.74 Å². The Morgan fingerprint density at radius 1 is 1.20 bits per heavy atom. The van der Waals surface area contributed by atoms with Gasteiger partial charge in [-0.15, -0.1) is 0 Å². The highest BCUT2D eigenvalue weighted by Gasteiger charge is 2.35. The Hall–Kier alpha value is -2.28. The number of rotatable bonds is 6. The number of carbonyl (C=O) groups is 1. The van der Waals surface area contributed by atoms with E-state index in [-0.39, 0.29) is 23.6 Å². The maximum atomic E-state index is 11.8. The summed E-state index contributed by atoms with van der Waals surface area (Å²) < 4.78 is 6.08. The molecule has 0 aliphatic carbocycles. The van der Waals surface area contributed by atoms with Crippen LogP contribution >= 0.6 is 0 Å². The van der Waals surface area contributed by atoms with Crippen LogP contribution in [0.3, 0.4) is 0 Å². The molecule has 1 aliphatic heterocycles. The lowest BCUT2D eigenvalue weighted by molar-refractivity contribution is -0.0835. The minimum absolute atomic E-state index is 0.103. The van der Waals surface area contributed by atoms with Crippen LogP contribution in [0.25, 0.3) is 0 Å². The first kappa shape index (κ1) is 24.0. The van der Waals surface area contributed by atoms with Gasteiger partial charge in [0, 0.05) is 44.4 Å². The fourth-order valence-electron chi connectivity index (χ4n) is 3.78. The number of benzene rings is 1. The van der Waals surface area contributed by atoms with Crippen molar-refractivity contribution < 1.29 is 9.53 Å². The fourth-order valence-corrected chi connectivity index (χ4v) is 3.78. The van der Waals surface area contributed by atoms with Crippen LogP contribution in [-0.2, 0) is 11.3 Å². The first-order valence-corrected chi connectivity index (χ1v) is 10.9. The zero-order valence-electron chi connectivity index (χ0n) is 19.3. The van der Waals surface area contributed by atoms with Crippen LogP contribution in [0, 0.1) is 11.3 Å². The van der Waals surface area contributed by atoms with Gasteiger partial charge in [-0.1, -0.05) is 32.9 Å². The molecule has 2 amide bonds. The van der Waals surface area contributed by atoms with Gasteiger partial charge in [0.2, 0.25) is 0 Å². The van der Waals surface area contributed by atoms with E-state index < -0.39 is 0 Å². The van der Waals surface area contributed by atoms with Gasteiger partial charge in [-0.3, -0.25) is 4.99 Å².